The highest BCUT2D eigenvalue weighted by Gasteiger charge is 2.54. The van der Waals surface area contributed by atoms with Crippen LogP contribution in [-0.2, 0) is 22.4 Å². The third kappa shape index (κ3) is 8.15. The summed E-state index contributed by atoms with van der Waals surface area (Å²) in [7, 11) is 0. The number of aliphatic hydroxyl groups excluding tert-OH is 1. The molecule has 0 unspecified atom stereocenters. The van der Waals surface area contributed by atoms with Crippen LogP contribution in [0.5, 0.6) is 5.75 Å². The first-order chi connectivity index (χ1) is 21.8. The van der Waals surface area contributed by atoms with E-state index in [9.17, 15) is 13.6 Å². The van der Waals surface area contributed by atoms with Crippen LogP contribution in [0.3, 0.4) is 0 Å². The van der Waals surface area contributed by atoms with Gasteiger partial charge in [0.1, 0.15) is 17.4 Å². The molecule has 0 aromatic heterocycles. The molecule has 1 amide bonds. The van der Waals surface area contributed by atoms with Crippen LogP contribution in [0.1, 0.15) is 34.8 Å². The van der Waals surface area contributed by atoms with Gasteiger partial charge >= 0.3 is 0 Å². The summed E-state index contributed by atoms with van der Waals surface area (Å²) in [6, 6.07) is 25.7. The van der Waals surface area contributed by atoms with Crippen molar-refractivity contribution < 1.29 is 28.2 Å². The third-order valence-corrected chi connectivity index (χ3v) is 8.52. The Morgan fingerprint density at radius 2 is 1.67 bits per heavy atom. The van der Waals surface area contributed by atoms with Crippen molar-refractivity contribution in [2.45, 2.75) is 30.9 Å². The van der Waals surface area contributed by atoms with Gasteiger partial charge in [0.25, 0.3) is 5.91 Å². The van der Waals surface area contributed by atoms with Gasteiger partial charge in [0.2, 0.25) is 5.90 Å². The van der Waals surface area contributed by atoms with E-state index in [2.05, 4.69) is 42.7 Å². The van der Waals surface area contributed by atoms with E-state index in [0.29, 0.717) is 35.8 Å². The van der Waals surface area contributed by atoms with E-state index in [0.717, 1.165) is 26.1 Å². The van der Waals surface area contributed by atoms with Gasteiger partial charge < -0.3 is 14.6 Å². The molecule has 0 fully saturated rings. The molecule has 0 aliphatic carbocycles. The van der Waals surface area contributed by atoms with Gasteiger partial charge in [-0.15, -0.1) is 0 Å². The van der Waals surface area contributed by atoms with Crippen molar-refractivity contribution >= 4 is 43.7 Å². The lowest BCUT2D eigenvalue weighted by Crippen LogP contribution is -2.54. The van der Waals surface area contributed by atoms with Crippen molar-refractivity contribution in [3.8, 4) is 5.75 Å². The second kappa shape index (κ2) is 15.1. The first-order valence-corrected chi connectivity index (χ1v) is 15.9. The molecule has 11 heteroatoms. The highest BCUT2D eigenvalue weighted by molar-refractivity contribution is 9.10. The maximum atomic E-state index is 14.3. The molecule has 5 rings (SSSR count). The van der Waals surface area contributed by atoms with Gasteiger partial charge in [-0.25, -0.2) is 19.2 Å². The Morgan fingerprint density at radius 3 is 2.36 bits per heavy atom. The minimum Gasteiger partial charge on any atom is -0.494 e. The minimum atomic E-state index is -1.44. The number of hydrogen-bond acceptors (Lipinski definition) is 6. The van der Waals surface area contributed by atoms with Crippen molar-refractivity contribution in [1.82, 2.24) is 10.9 Å². The minimum absolute atomic E-state index is 0.0416. The molecule has 1 aliphatic heterocycles. The smallest absolute Gasteiger partial charge is 0.266 e. The summed E-state index contributed by atoms with van der Waals surface area (Å²) in [6.45, 7) is 0.646. The van der Waals surface area contributed by atoms with E-state index >= 15 is 0 Å². The van der Waals surface area contributed by atoms with Crippen LogP contribution in [0, 0.1) is 11.6 Å². The van der Waals surface area contributed by atoms with Crippen LogP contribution < -0.4 is 15.6 Å². The van der Waals surface area contributed by atoms with E-state index in [1.807, 2.05) is 60.7 Å². The molecule has 0 saturated heterocycles. The lowest BCUT2D eigenvalue weighted by atomic mass is 9.82. The summed E-state index contributed by atoms with van der Waals surface area (Å²) >= 11 is 7.12. The van der Waals surface area contributed by atoms with Crippen molar-refractivity contribution in [1.29, 1.82) is 0 Å². The SMILES string of the molecule is O=C(NNCCc1cc(F)cc(F)c1)[C@@]1(Cc2ccc(Br)cc2)N=C(c2ccc(OCCCO)cc2)O[C@H]1c1ccccc1Br. The Balaban J connectivity index is 1.47. The van der Waals surface area contributed by atoms with Gasteiger partial charge in [0.15, 0.2) is 11.6 Å². The Hall–Kier alpha value is -3.64. The third-order valence-electron chi connectivity index (χ3n) is 7.27. The molecule has 0 saturated carbocycles. The zero-order valence-electron chi connectivity index (χ0n) is 24.1. The molecule has 7 nitrogen and oxygen atoms in total. The number of carbonyl (C=O) groups excluding carboxylic acids is 1. The summed E-state index contributed by atoms with van der Waals surface area (Å²) in [6.07, 6.45) is 0.193. The molecule has 0 spiro atoms. The van der Waals surface area contributed by atoms with E-state index < -0.39 is 29.2 Å². The van der Waals surface area contributed by atoms with Gasteiger partial charge in [0, 0.05) is 52.1 Å². The van der Waals surface area contributed by atoms with Crippen molar-refractivity contribution in [3.05, 3.63) is 134 Å². The Bertz CT molecular complexity index is 1630. The first kappa shape index (κ1) is 32.7. The summed E-state index contributed by atoms with van der Waals surface area (Å²) in [5.74, 6) is -0.827. The molecule has 0 radical (unpaired) electrons. The number of carbonyl (C=O) groups is 1. The molecular weight excluding hydrogens is 712 g/mol. The topological polar surface area (TPSA) is 92.2 Å². The Kier molecular flexibility index (Phi) is 11.0. The number of rotatable bonds is 13. The maximum Gasteiger partial charge on any atom is 0.266 e. The summed E-state index contributed by atoms with van der Waals surface area (Å²) < 4.78 is 41.2. The van der Waals surface area contributed by atoms with Crippen molar-refractivity contribution in [2.24, 2.45) is 4.99 Å². The number of nitrogens with one attached hydrogen (secondary N) is 2. The van der Waals surface area contributed by atoms with Crippen LogP contribution in [0.25, 0.3) is 0 Å². The predicted molar refractivity (Wildman–Crippen MR) is 175 cm³/mol. The number of aliphatic hydroxyl groups is 1. The molecule has 234 valence electrons. The highest BCUT2D eigenvalue weighted by atomic mass is 79.9. The average molecular weight is 743 g/mol. The number of benzene rings is 4. The van der Waals surface area contributed by atoms with E-state index in [1.165, 1.54) is 12.1 Å². The van der Waals surface area contributed by atoms with E-state index in [4.69, 9.17) is 19.6 Å². The number of ether oxygens (including phenoxy) is 2. The number of aliphatic imine (C=N–C) groups is 1. The fraction of sp³-hybridized carbons (Fsp3) is 0.235. The van der Waals surface area contributed by atoms with Crippen LogP contribution in [0.2, 0.25) is 0 Å². The number of hydrogen-bond donors (Lipinski definition) is 3. The Morgan fingerprint density at radius 1 is 0.956 bits per heavy atom. The quantitative estimate of drug-likeness (QED) is 0.106. The van der Waals surface area contributed by atoms with Crippen LogP contribution in [0.15, 0.2) is 105 Å². The fourth-order valence-electron chi connectivity index (χ4n) is 5.07. The molecule has 1 aliphatic rings. The summed E-state index contributed by atoms with van der Waals surface area (Å²) in [5.41, 5.74) is 6.99. The molecule has 4 aromatic carbocycles. The van der Waals surface area contributed by atoms with Gasteiger partial charge in [-0.3, -0.25) is 10.2 Å². The number of nitrogens with zero attached hydrogens (tertiary/aromatic N) is 1. The number of amides is 1. The summed E-state index contributed by atoms with van der Waals surface area (Å²) in [5, 5.41) is 9.04. The second-order valence-corrected chi connectivity index (χ2v) is 12.3. The van der Waals surface area contributed by atoms with Gasteiger partial charge in [-0.05, 0) is 72.1 Å². The Labute approximate surface area is 276 Å². The predicted octanol–water partition coefficient (Wildman–Crippen LogP) is 6.61. The molecular formula is C34H31Br2F2N3O4. The van der Waals surface area contributed by atoms with Crippen LogP contribution >= 0.6 is 31.9 Å². The van der Waals surface area contributed by atoms with E-state index in [1.54, 1.807) is 12.1 Å². The van der Waals surface area contributed by atoms with Gasteiger partial charge in [0.05, 0.1) is 6.61 Å². The lowest BCUT2D eigenvalue weighted by molar-refractivity contribution is -0.130. The van der Waals surface area contributed by atoms with Crippen molar-refractivity contribution in [3.63, 3.8) is 0 Å². The van der Waals surface area contributed by atoms with Crippen molar-refractivity contribution in [2.75, 3.05) is 19.8 Å². The fourth-order valence-corrected chi connectivity index (χ4v) is 5.83. The zero-order valence-corrected chi connectivity index (χ0v) is 27.3. The molecule has 4 aromatic rings. The van der Waals surface area contributed by atoms with Crippen LogP contribution in [-0.4, -0.2) is 42.2 Å². The monoisotopic (exact) mass is 741 g/mol. The average Bonchev–Trinajstić information content (AvgIpc) is 3.40. The molecule has 0 bridgehead atoms. The normalized spacial score (nSPS) is 17.4. The highest BCUT2D eigenvalue weighted by Crippen LogP contribution is 2.44. The second-order valence-electron chi connectivity index (χ2n) is 10.5. The molecule has 3 N–H and O–H groups in total. The zero-order chi connectivity index (χ0) is 31.8. The first-order valence-electron chi connectivity index (χ1n) is 14.3. The molecule has 45 heavy (non-hydrogen) atoms. The maximum absolute atomic E-state index is 14.3. The number of halogens is 4. The molecule has 2 atom stereocenters. The largest absolute Gasteiger partial charge is 0.494 e. The van der Waals surface area contributed by atoms with Gasteiger partial charge in [-0.2, -0.15) is 0 Å². The van der Waals surface area contributed by atoms with E-state index in [-0.39, 0.29) is 26.0 Å². The molecule has 1 heterocycles. The number of hydrazine groups is 1. The standard InChI is InChI=1S/C34H31Br2F2N3O4/c35-25-10-6-22(7-11-25)21-34(33(43)41-39-15-14-23-18-26(37)20-27(38)19-23)31(29-4-1-2-5-30(29)36)45-32(40-34)24-8-12-28(13-9-24)44-17-3-16-42/h1-2,4-13,18-20,31,39,42H,3,14-17,21H2,(H,41,43)/t31-,34-/m0/s1. The van der Waals surface area contributed by atoms with Gasteiger partial charge in [-0.1, -0.05) is 62.2 Å². The van der Waals surface area contributed by atoms with Crippen LogP contribution in [0.4, 0.5) is 8.78 Å². The lowest BCUT2D eigenvalue weighted by Gasteiger charge is -2.31. The summed E-state index contributed by atoms with van der Waals surface area (Å²) in [4.78, 5) is 19.3.